The molecule has 0 aliphatic carbocycles. The lowest BCUT2D eigenvalue weighted by atomic mass is 10.0. The van der Waals surface area contributed by atoms with E-state index in [0.29, 0.717) is 24.0 Å². The summed E-state index contributed by atoms with van der Waals surface area (Å²) in [5, 5.41) is 6.04. The maximum absolute atomic E-state index is 12.5. The summed E-state index contributed by atoms with van der Waals surface area (Å²) in [5.41, 5.74) is 2.18. The van der Waals surface area contributed by atoms with E-state index in [1.54, 1.807) is 12.3 Å². The highest BCUT2D eigenvalue weighted by molar-refractivity contribution is 6.03. The van der Waals surface area contributed by atoms with Crippen molar-refractivity contribution < 1.29 is 9.21 Å². The Morgan fingerprint density at radius 1 is 1.16 bits per heavy atom. The highest BCUT2D eigenvalue weighted by atomic mass is 16.3. The highest BCUT2D eigenvalue weighted by Gasteiger charge is 2.13. The number of nitrogens with zero attached hydrogens (tertiary/aromatic N) is 2. The second kappa shape index (κ2) is 7.61. The van der Waals surface area contributed by atoms with Gasteiger partial charge in [-0.1, -0.05) is 32.0 Å². The third-order valence-electron chi connectivity index (χ3n) is 3.75. The molecule has 1 amide bonds. The fourth-order valence-corrected chi connectivity index (χ4v) is 2.47. The largest absolute Gasteiger partial charge is 0.467 e. The minimum absolute atomic E-state index is 0.267. The maximum atomic E-state index is 12.5. The molecular weight excluding hydrogens is 316 g/mol. The Kier molecular flexibility index (Phi) is 5.09. The second-order valence-corrected chi connectivity index (χ2v) is 5.92. The van der Waals surface area contributed by atoms with E-state index in [1.807, 2.05) is 36.4 Å². The van der Waals surface area contributed by atoms with E-state index in [0.717, 1.165) is 17.0 Å². The summed E-state index contributed by atoms with van der Waals surface area (Å²) >= 11 is 0. The third-order valence-corrected chi connectivity index (χ3v) is 3.75. The topological polar surface area (TPSA) is 80.0 Å². The number of hydrogen-bond donors (Lipinski definition) is 2. The number of amides is 1. The van der Waals surface area contributed by atoms with Crippen LogP contribution in [0.25, 0.3) is 0 Å². The van der Waals surface area contributed by atoms with Crippen LogP contribution in [0.15, 0.2) is 59.5 Å². The van der Waals surface area contributed by atoms with Gasteiger partial charge in [0.1, 0.15) is 23.6 Å². The van der Waals surface area contributed by atoms with E-state index in [4.69, 9.17) is 4.42 Å². The van der Waals surface area contributed by atoms with Crippen molar-refractivity contribution in [1.82, 2.24) is 9.97 Å². The van der Waals surface area contributed by atoms with Crippen LogP contribution < -0.4 is 10.6 Å². The molecule has 6 heteroatoms. The van der Waals surface area contributed by atoms with Gasteiger partial charge in [-0.15, -0.1) is 0 Å². The number of anilines is 2. The Labute approximate surface area is 146 Å². The minimum Gasteiger partial charge on any atom is -0.467 e. The smallest absolute Gasteiger partial charge is 0.274 e. The Bertz CT molecular complexity index is 844. The van der Waals surface area contributed by atoms with Gasteiger partial charge in [-0.2, -0.15) is 0 Å². The number of hydrogen-bond acceptors (Lipinski definition) is 5. The lowest BCUT2D eigenvalue weighted by molar-refractivity contribution is 0.102. The number of aromatic nitrogens is 2. The molecule has 0 radical (unpaired) electrons. The molecule has 0 spiro atoms. The highest BCUT2D eigenvalue weighted by Crippen LogP contribution is 2.24. The monoisotopic (exact) mass is 336 g/mol. The molecule has 0 unspecified atom stereocenters. The molecule has 3 rings (SSSR count). The van der Waals surface area contributed by atoms with Crippen LogP contribution in [-0.2, 0) is 6.54 Å². The summed E-state index contributed by atoms with van der Waals surface area (Å²) < 4.78 is 5.26. The van der Waals surface area contributed by atoms with Gasteiger partial charge in [0.2, 0.25) is 0 Å². The fraction of sp³-hybridized carbons (Fsp3) is 0.211. The number of carbonyl (C=O) groups excluding carboxylic acids is 1. The third kappa shape index (κ3) is 4.23. The Morgan fingerprint density at radius 3 is 2.76 bits per heavy atom. The maximum Gasteiger partial charge on any atom is 0.274 e. The lowest BCUT2D eigenvalue weighted by Crippen LogP contribution is -2.16. The average molecular weight is 336 g/mol. The first kappa shape index (κ1) is 16.7. The number of para-hydroxylation sites is 1. The van der Waals surface area contributed by atoms with E-state index >= 15 is 0 Å². The molecule has 2 aromatic heterocycles. The molecule has 0 bridgehead atoms. The summed E-state index contributed by atoms with van der Waals surface area (Å²) in [7, 11) is 0. The van der Waals surface area contributed by atoms with Crippen molar-refractivity contribution in [2.45, 2.75) is 26.3 Å². The van der Waals surface area contributed by atoms with Crippen molar-refractivity contribution in [3.63, 3.8) is 0 Å². The van der Waals surface area contributed by atoms with Gasteiger partial charge in [0, 0.05) is 11.8 Å². The van der Waals surface area contributed by atoms with Gasteiger partial charge in [-0.3, -0.25) is 4.79 Å². The van der Waals surface area contributed by atoms with Crippen molar-refractivity contribution in [2.24, 2.45) is 0 Å². The van der Waals surface area contributed by atoms with Crippen LogP contribution in [0, 0.1) is 0 Å². The molecule has 0 fully saturated rings. The van der Waals surface area contributed by atoms with Crippen LogP contribution in [0.3, 0.4) is 0 Å². The zero-order valence-corrected chi connectivity index (χ0v) is 14.2. The van der Waals surface area contributed by atoms with Gasteiger partial charge < -0.3 is 15.1 Å². The van der Waals surface area contributed by atoms with E-state index < -0.39 is 0 Å². The number of nitrogens with one attached hydrogen (secondary N) is 2. The van der Waals surface area contributed by atoms with Crippen LogP contribution in [0.2, 0.25) is 0 Å². The zero-order valence-electron chi connectivity index (χ0n) is 14.2. The van der Waals surface area contributed by atoms with Crippen molar-refractivity contribution >= 4 is 17.4 Å². The Balaban J connectivity index is 1.71. The SMILES string of the molecule is CC(C)c1ccccc1NC(=O)c1cc(NCc2ccco2)ncn1. The predicted molar refractivity (Wildman–Crippen MR) is 96.6 cm³/mol. The molecule has 0 atom stereocenters. The van der Waals surface area contributed by atoms with Crippen molar-refractivity contribution in [3.8, 4) is 0 Å². The molecule has 3 aromatic rings. The van der Waals surface area contributed by atoms with Crippen LogP contribution >= 0.6 is 0 Å². The first-order chi connectivity index (χ1) is 12.1. The predicted octanol–water partition coefficient (Wildman–Crippen LogP) is 4.06. The Hall–Kier alpha value is -3.15. The minimum atomic E-state index is -0.267. The van der Waals surface area contributed by atoms with E-state index in [9.17, 15) is 4.79 Å². The fourth-order valence-electron chi connectivity index (χ4n) is 2.47. The lowest BCUT2D eigenvalue weighted by Gasteiger charge is -2.13. The first-order valence-electron chi connectivity index (χ1n) is 8.12. The van der Waals surface area contributed by atoms with E-state index in [1.165, 1.54) is 6.33 Å². The average Bonchev–Trinajstić information content (AvgIpc) is 3.14. The van der Waals surface area contributed by atoms with E-state index in [2.05, 4.69) is 34.4 Å². The molecule has 6 nitrogen and oxygen atoms in total. The number of furan rings is 1. The summed E-state index contributed by atoms with van der Waals surface area (Å²) in [6.07, 6.45) is 2.98. The summed E-state index contributed by atoms with van der Waals surface area (Å²) in [5.74, 6) is 1.40. The molecule has 1 aromatic carbocycles. The van der Waals surface area contributed by atoms with Gasteiger partial charge in [0.05, 0.1) is 12.8 Å². The van der Waals surface area contributed by atoms with Crippen LogP contribution in [0.4, 0.5) is 11.5 Å². The van der Waals surface area contributed by atoms with Crippen molar-refractivity contribution in [3.05, 3.63) is 72.1 Å². The number of rotatable bonds is 6. The van der Waals surface area contributed by atoms with Crippen LogP contribution in [0.1, 0.15) is 41.6 Å². The molecule has 2 N–H and O–H groups in total. The second-order valence-electron chi connectivity index (χ2n) is 5.92. The summed E-state index contributed by atoms with van der Waals surface area (Å²) in [4.78, 5) is 20.7. The molecule has 0 saturated carbocycles. The van der Waals surface area contributed by atoms with Gasteiger partial charge in [0.15, 0.2) is 0 Å². The number of benzene rings is 1. The van der Waals surface area contributed by atoms with Gasteiger partial charge in [-0.05, 0) is 29.7 Å². The van der Waals surface area contributed by atoms with Crippen LogP contribution in [0.5, 0.6) is 0 Å². The van der Waals surface area contributed by atoms with Gasteiger partial charge in [0.25, 0.3) is 5.91 Å². The quantitative estimate of drug-likeness (QED) is 0.709. The molecule has 25 heavy (non-hydrogen) atoms. The molecule has 128 valence electrons. The molecule has 0 aliphatic heterocycles. The van der Waals surface area contributed by atoms with E-state index in [-0.39, 0.29) is 5.91 Å². The molecule has 0 aliphatic rings. The standard InChI is InChI=1S/C19H20N4O2/c1-13(2)15-7-3-4-8-16(15)23-19(24)17-10-18(22-12-21-17)20-11-14-6-5-9-25-14/h3-10,12-13H,11H2,1-2H3,(H,23,24)(H,20,21,22). The normalized spacial score (nSPS) is 10.7. The first-order valence-corrected chi connectivity index (χ1v) is 8.12. The summed E-state index contributed by atoms with van der Waals surface area (Å²) in [6.45, 7) is 4.67. The van der Waals surface area contributed by atoms with Crippen LogP contribution in [-0.4, -0.2) is 15.9 Å². The molecule has 2 heterocycles. The number of carbonyl (C=O) groups is 1. The summed E-state index contributed by atoms with van der Waals surface area (Å²) in [6, 6.07) is 13.1. The van der Waals surface area contributed by atoms with Gasteiger partial charge >= 0.3 is 0 Å². The molecule has 0 saturated heterocycles. The molecular formula is C19H20N4O2. The van der Waals surface area contributed by atoms with Gasteiger partial charge in [-0.25, -0.2) is 9.97 Å². The van der Waals surface area contributed by atoms with Crippen molar-refractivity contribution in [1.29, 1.82) is 0 Å². The zero-order chi connectivity index (χ0) is 17.6. The van der Waals surface area contributed by atoms with Crippen molar-refractivity contribution in [2.75, 3.05) is 10.6 Å². The Morgan fingerprint density at radius 2 is 2.00 bits per heavy atom.